The van der Waals surface area contributed by atoms with Crippen LogP contribution in [0.3, 0.4) is 0 Å². The number of hydrogen-bond donors (Lipinski definition) is 2. The summed E-state index contributed by atoms with van der Waals surface area (Å²) in [5.74, 6) is 1.60. The van der Waals surface area contributed by atoms with Gasteiger partial charge >= 0.3 is 0 Å². The van der Waals surface area contributed by atoms with Crippen LogP contribution in [0.4, 0.5) is 0 Å². The zero-order valence-electron chi connectivity index (χ0n) is 9.94. The molecule has 1 atom stereocenters. The first kappa shape index (κ1) is 11.6. The molecule has 1 aliphatic rings. The molecule has 1 heterocycles. The Hall–Kier alpha value is -0.870. The van der Waals surface area contributed by atoms with Crippen LogP contribution in [0.5, 0.6) is 0 Å². The van der Waals surface area contributed by atoms with Crippen molar-refractivity contribution in [1.82, 2.24) is 10.3 Å². The van der Waals surface area contributed by atoms with Crippen LogP contribution < -0.4 is 5.32 Å². The minimum Gasteiger partial charge on any atom is -0.444 e. The average molecular weight is 224 g/mol. The summed E-state index contributed by atoms with van der Waals surface area (Å²) >= 11 is 0. The van der Waals surface area contributed by atoms with Gasteiger partial charge in [-0.25, -0.2) is 4.98 Å². The second-order valence-corrected chi connectivity index (χ2v) is 4.70. The van der Waals surface area contributed by atoms with E-state index in [-0.39, 0.29) is 12.1 Å². The SMILES string of the molecule is Cc1cnc(C(C)NC2CCC(O)CC2)o1. The van der Waals surface area contributed by atoms with E-state index in [2.05, 4.69) is 17.2 Å². The highest BCUT2D eigenvalue weighted by Gasteiger charge is 2.22. The molecule has 0 spiro atoms. The zero-order chi connectivity index (χ0) is 11.5. The van der Waals surface area contributed by atoms with Crippen LogP contribution in [0.25, 0.3) is 0 Å². The molecule has 0 aliphatic heterocycles. The van der Waals surface area contributed by atoms with Crippen molar-refractivity contribution in [3.05, 3.63) is 17.8 Å². The van der Waals surface area contributed by atoms with Crippen LogP contribution in [-0.4, -0.2) is 22.2 Å². The Kier molecular flexibility index (Phi) is 3.61. The summed E-state index contributed by atoms with van der Waals surface area (Å²) in [7, 11) is 0. The van der Waals surface area contributed by atoms with Crippen molar-refractivity contribution >= 4 is 0 Å². The molecule has 1 aromatic rings. The van der Waals surface area contributed by atoms with Gasteiger partial charge in [0.25, 0.3) is 0 Å². The summed E-state index contributed by atoms with van der Waals surface area (Å²) in [6, 6.07) is 0.625. The molecule has 0 saturated heterocycles. The van der Waals surface area contributed by atoms with Crippen LogP contribution >= 0.6 is 0 Å². The molecule has 0 radical (unpaired) electrons. The number of aliphatic hydroxyl groups excluding tert-OH is 1. The van der Waals surface area contributed by atoms with E-state index in [9.17, 15) is 5.11 Å². The van der Waals surface area contributed by atoms with Crippen molar-refractivity contribution in [3.8, 4) is 0 Å². The monoisotopic (exact) mass is 224 g/mol. The van der Waals surface area contributed by atoms with Crippen molar-refractivity contribution in [2.45, 2.75) is 57.7 Å². The molecular formula is C12H20N2O2. The fraction of sp³-hybridized carbons (Fsp3) is 0.750. The predicted octanol–water partition coefficient (Wildman–Crippen LogP) is 1.94. The number of aryl methyl sites for hydroxylation is 1. The van der Waals surface area contributed by atoms with Crippen LogP contribution in [0.1, 0.15) is 50.3 Å². The Balaban J connectivity index is 1.85. The number of aliphatic hydroxyl groups is 1. The number of nitrogens with zero attached hydrogens (tertiary/aromatic N) is 1. The lowest BCUT2D eigenvalue weighted by Gasteiger charge is -2.28. The molecule has 16 heavy (non-hydrogen) atoms. The maximum absolute atomic E-state index is 9.42. The number of oxazole rings is 1. The lowest BCUT2D eigenvalue weighted by molar-refractivity contribution is 0.113. The smallest absolute Gasteiger partial charge is 0.211 e. The normalized spacial score (nSPS) is 27.9. The molecule has 0 amide bonds. The summed E-state index contributed by atoms with van der Waals surface area (Å²) in [6.45, 7) is 3.97. The first-order valence-electron chi connectivity index (χ1n) is 6.01. The highest BCUT2D eigenvalue weighted by Crippen LogP contribution is 2.21. The molecule has 1 unspecified atom stereocenters. The van der Waals surface area contributed by atoms with Gasteiger partial charge in [-0.2, -0.15) is 0 Å². The molecule has 1 fully saturated rings. The second kappa shape index (κ2) is 4.97. The topological polar surface area (TPSA) is 58.3 Å². The Morgan fingerprint density at radius 3 is 2.69 bits per heavy atom. The lowest BCUT2D eigenvalue weighted by atomic mass is 9.93. The Bertz CT molecular complexity index is 330. The van der Waals surface area contributed by atoms with E-state index in [1.165, 1.54) is 0 Å². The molecule has 4 nitrogen and oxygen atoms in total. The third kappa shape index (κ3) is 2.83. The maximum Gasteiger partial charge on any atom is 0.211 e. The van der Waals surface area contributed by atoms with Gasteiger partial charge in [0.05, 0.1) is 18.3 Å². The van der Waals surface area contributed by atoms with Gasteiger partial charge in [0.15, 0.2) is 0 Å². The molecule has 90 valence electrons. The quantitative estimate of drug-likeness (QED) is 0.823. The molecule has 4 heteroatoms. The van der Waals surface area contributed by atoms with Gasteiger partial charge in [-0.05, 0) is 39.5 Å². The summed E-state index contributed by atoms with van der Waals surface area (Å²) < 4.78 is 5.48. The van der Waals surface area contributed by atoms with E-state index in [4.69, 9.17) is 4.42 Å². The molecule has 1 aliphatic carbocycles. The Labute approximate surface area is 96.1 Å². The van der Waals surface area contributed by atoms with E-state index in [1.54, 1.807) is 6.20 Å². The van der Waals surface area contributed by atoms with E-state index in [1.807, 2.05) is 6.92 Å². The van der Waals surface area contributed by atoms with E-state index < -0.39 is 0 Å². The van der Waals surface area contributed by atoms with Gasteiger partial charge in [-0.15, -0.1) is 0 Å². The summed E-state index contributed by atoms with van der Waals surface area (Å²) in [6.07, 6.45) is 5.51. The van der Waals surface area contributed by atoms with Crippen LogP contribution in [-0.2, 0) is 0 Å². The highest BCUT2D eigenvalue weighted by atomic mass is 16.4. The first-order valence-corrected chi connectivity index (χ1v) is 6.01. The van der Waals surface area contributed by atoms with Crippen molar-refractivity contribution in [2.75, 3.05) is 0 Å². The van der Waals surface area contributed by atoms with Gasteiger partial charge in [0.2, 0.25) is 5.89 Å². The number of rotatable bonds is 3. The molecule has 2 N–H and O–H groups in total. The lowest BCUT2D eigenvalue weighted by Crippen LogP contribution is -2.36. The van der Waals surface area contributed by atoms with Crippen molar-refractivity contribution in [2.24, 2.45) is 0 Å². The Morgan fingerprint density at radius 2 is 2.12 bits per heavy atom. The Morgan fingerprint density at radius 1 is 1.44 bits per heavy atom. The average Bonchev–Trinajstić information content (AvgIpc) is 2.68. The maximum atomic E-state index is 9.42. The number of aromatic nitrogens is 1. The minimum absolute atomic E-state index is 0.0997. The fourth-order valence-electron chi connectivity index (χ4n) is 2.24. The highest BCUT2D eigenvalue weighted by molar-refractivity contribution is 4.96. The minimum atomic E-state index is -0.0997. The fourth-order valence-corrected chi connectivity index (χ4v) is 2.24. The summed E-state index contributed by atoms with van der Waals surface area (Å²) in [4.78, 5) is 4.22. The van der Waals surface area contributed by atoms with E-state index in [0.717, 1.165) is 37.3 Å². The van der Waals surface area contributed by atoms with Gasteiger partial charge in [-0.1, -0.05) is 0 Å². The third-order valence-corrected chi connectivity index (χ3v) is 3.19. The largest absolute Gasteiger partial charge is 0.444 e. The third-order valence-electron chi connectivity index (χ3n) is 3.19. The van der Waals surface area contributed by atoms with Crippen LogP contribution in [0.15, 0.2) is 10.6 Å². The molecule has 0 aromatic carbocycles. The van der Waals surface area contributed by atoms with Gasteiger partial charge < -0.3 is 14.8 Å². The van der Waals surface area contributed by atoms with E-state index >= 15 is 0 Å². The molecule has 2 rings (SSSR count). The molecule has 1 aromatic heterocycles. The van der Waals surface area contributed by atoms with Gasteiger partial charge in [0.1, 0.15) is 5.76 Å². The van der Waals surface area contributed by atoms with Crippen molar-refractivity contribution in [3.63, 3.8) is 0 Å². The van der Waals surface area contributed by atoms with E-state index in [0.29, 0.717) is 6.04 Å². The van der Waals surface area contributed by atoms with Crippen LogP contribution in [0.2, 0.25) is 0 Å². The first-order chi connectivity index (χ1) is 7.65. The second-order valence-electron chi connectivity index (χ2n) is 4.70. The predicted molar refractivity (Wildman–Crippen MR) is 61.1 cm³/mol. The number of nitrogens with one attached hydrogen (secondary N) is 1. The van der Waals surface area contributed by atoms with Gasteiger partial charge in [0, 0.05) is 6.04 Å². The van der Waals surface area contributed by atoms with Crippen molar-refractivity contribution in [1.29, 1.82) is 0 Å². The summed E-state index contributed by atoms with van der Waals surface area (Å²) in [5.41, 5.74) is 0. The van der Waals surface area contributed by atoms with Crippen molar-refractivity contribution < 1.29 is 9.52 Å². The standard InChI is InChI=1S/C12H20N2O2/c1-8-7-13-12(16-8)9(2)14-10-3-5-11(15)6-4-10/h7,9-11,14-15H,3-6H2,1-2H3. The number of hydrogen-bond acceptors (Lipinski definition) is 4. The summed E-state index contributed by atoms with van der Waals surface area (Å²) in [5, 5.41) is 12.9. The molecule has 1 saturated carbocycles. The molecule has 0 bridgehead atoms. The zero-order valence-corrected chi connectivity index (χ0v) is 9.94. The van der Waals surface area contributed by atoms with Crippen LogP contribution in [0, 0.1) is 6.92 Å². The molecular weight excluding hydrogens is 204 g/mol. The van der Waals surface area contributed by atoms with Gasteiger partial charge in [-0.3, -0.25) is 0 Å².